The van der Waals surface area contributed by atoms with Gasteiger partial charge in [-0.3, -0.25) is 14.5 Å². The van der Waals surface area contributed by atoms with Crippen molar-refractivity contribution in [1.29, 1.82) is 0 Å². The maximum Gasteiger partial charge on any atom is 0.488 e. The van der Waals surface area contributed by atoms with E-state index in [1.54, 1.807) is 24.3 Å². The number of phenolic OH excluding ortho intramolecular Hbond substituents is 1. The number of phenols is 1. The van der Waals surface area contributed by atoms with Crippen molar-refractivity contribution < 1.29 is 29.5 Å². The van der Waals surface area contributed by atoms with Crippen LogP contribution in [0.25, 0.3) is 16.8 Å². The van der Waals surface area contributed by atoms with E-state index in [9.17, 15) is 24.7 Å². The van der Waals surface area contributed by atoms with Gasteiger partial charge in [0, 0.05) is 11.3 Å². The lowest BCUT2D eigenvalue weighted by Gasteiger charge is -2.30. The van der Waals surface area contributed by atoms with Gasteiger partial charge in [0.2, 0.25) is 11.8 Å². The molecule has 7 nitrogen and oxygen atoms in total. The zero-order valence-electron chi connectivity index (χ0n) is 23.3. The number of anilines is 1. The lowest BCUT2D eigenvalue weighted by molar-refractivity contribution is -0.122. The molecule has 41 heavy (non-hydrogen) atoms. The molecule has 210 valence electrons. The van der Waals surface area contributed by atoms with E-state index in [4.69, 9.17) is 4.74 Å². The Morgan fingerprint density at radius 1 is 1.02 bits per heavy atom. The lowest BCUT2D eigenvalue weighted by Crippen LogP contribution is -2.35. The molecule has 2 fully saturated rings. The second-order valence-corrected chi connectivity index (χ2v) is 11.4. The molecule has 2 amide bonds. The Balaban J connectivity index is 1.21. The Labute approximate surface area is 239 Å². The summed E-state index contributed by atoms with van der Waals surface area (Å²) < 4.78 is 6.32. The van der Waals surface area contributed by atoms with Crippen LogP contribution in [0.3, 0.4) is 0 Å². The van der Waals surface area contributed by atoms with Crippen molar-refractivity contribution in [3.63, 3.8) is 0 Å². The van der Waals surface area contributed by atoms with Gasteiger partial charge in [-0.1, -0.05) is 66.6 Å². The molecule has 2 saturated heterocycles. The SMILES string of the molecule is CC/C(=C\c1ccc(O)c2ccccc12)CC[C@H]1OC[C@H]2C1=C(C)C[C@H]1C(=O)N(c3cccc(B(O)O)c3)C(=O)[C@H]12. The Bertz CT molecular complexity index is 1590. The van der Waals surface area contributed by atoms with E-state index in [1.807, 2.05) is 30.3 Å². The molecule has 6 rings (SSSR count). The fourth-order valence-corrected chi connectivity index (χ4v) is 7.03. The lowest BCUT2D eigenvalue weighted by atomic mass is 9.70. The highest BCUT2D eigenvalue weighted by Crippen LogP contribution is 2.50. The maximum absolute atomic E-state index is 13.7. The highest BCUT2D eigenvalue weighted by atomic mass is 16.5. The molecular weight excluding hydrogens is 517 g/mol. The van der Waals surface area contributed by atoms with Gasteiger partial charge in [0.05, 0.1) is 30.2 Å². The highest BCUT2D eigenvalue weighted by molar-refractivity contribution is 6.58. The van der Waals surface area contributed by atoms with E-state index >= 15 is 0 Å². The van der Waals surface area contributed by atoms with Crippen LogP contribution in [-0.4, -0.2) is 46.8 Å². The predicted octanol–water partition coefficient (Wildman–Crippen LogP) is 4.34. The van der Waals surface area contributed by atoms with Gasteiger partial charge in [0.15, 0.2) is 0 Å². The summed E-state index contributed by atoms with van der Waals surface area (Å²) in [7, 11) is -1.68. The number of amides is 2. The molecule has 1 aliphatic carbocycles. The maximum atomic E-state index is 13.7. The van der Waals surface area contributed by atoms with Crippen molar-refractivity contribution >= 4 is 46.9 Å². The van der Waals surface area contributed by atoms with Crippen LogP contribution in [0.4, 0.5) is 5.69 Å². The molecule has 0 aromatic heterocycles. The third-order valence-corrected chi connectivity index (χ3v) is 9.06. The first-order valence-corrected chi connectivity index (χ1v) is 14.3. The average Bonchev–Trinajstić information content (AvgIpc) is 3.51. The zero-order chi connectivity index (χ0) is 28.8. The van der Waals surface area contributed by atoms with Crippen molar-refractivity contribution in [2.45, 2.75) is 45.6 Å². The number of rotatable bonds is 7. The highest BCUT2D eigenvalue weighted by Gasteiger charge is 2.56. The summed E-state index contributed by atoms with van der Waals surface area (Å²) in [6.07, 6.45) is 5.15. The van der Waals surface area contributed by atoms with E-state index in [0.29, 0.717) is 18.7 Å². The Hall–Kier alpha value is -3.72. The summed E-state index contributed by atoms with van der Waals surface area (Å²) in [6, 6.07) is 17.9. The van der Waals surface area contributed by atoms with E-state index in [2.05, 4.69) is 19.9 Å². The molecular formula is C33H34BNO6. The first-order valence-electron chi connectivity index (χ1n) is 14.3. The number of allylic oxidation sites excluding steroid dienone is 2. The van der Waals surface area contributed by atoms with E-state index in [0.717, 1.165) is 41.2 Å². The minimum absolute atomic E-state index is 0.0997. The molecule has 4 atom stereocenters. The van der Waals surface area contributed by atoms with Crippen molar-refractivity contribution in [2.24, 2.45) is 17.8 Å². The van der Waals surface area contributed by atoms with Gasteiger partial charge in [-0.15, -0.1) is 0 Å². The average molecular weight is 551 g/mol. The number of hydrogen-bond donors (Lipinski definition) is 3. The minimum Gasteiger partial charge on any atom is -0.507 e. The number of fused-ring (bicyclic) bond motifs is 4. The van der Waals surface area contributed by atoms with Crippen molar-refractivity contribution in [1.82, 2.24) is 0 Å². The third kappa shape index (κ3) is 4.80. The summed E-state index contributed by atoms with van der Waals surface area (Å²) in [5.41, 5.74) is 5.26. The van der Waals surface area contributed by atoms with E-state index < -0.39 is 19.0 Å². The van der Waals surface area contributed by atoms with Crippen LogP contribution in [-0.2, 0) is 14.3 Å². The van der Waals surface area contributed by atoms with Gasteiger partial charge in [-0.2, -0.15) is 0 Å². The van der Waals surface area contributed by atoms with Gasteiger partial charge >= 0.3 is 7.12 Å². The van der Waals surface area contributed by atoms with Crippen LogP contribution in [0.5, 0.6) is 5.75 Å². The molecule has 2 heterocycles. The molecule has 0 radical (unpaired) electrons. The number of aromatic hydroxyl groups is 1. The Kier molecular flexibility index (Phi) is 7.32. The largest absolute Gasteiger partial charge is 0.507 e. The number of ether oxygens (including phenoxy) is 1. The Morgan fingerprint density at radius 3 is 2.56 bits per heavy atom. The van der Waals surface area contributed by atoms with E-state index in [-0.39, 0.29) is 35.0 Å². The van der Waals surface area contributed by atoms with Crippen LogP contribution in [0.15, 0.2) is 77.4 Å². The number of nitrogens with zero attached hydrogens (tertiary/aromatic N) is 1. The number of hydrogen-bond acceptors (Lipinski definition) is 6. The van der Waals surface area contributed by atoms with Crippen LogP contribution in [0.2, 0.25) is 0 Å². The summed E-state index contributed by atoms with van der Waals surface area (Å²) in [5.74, 6) is -1.24. The molecule has 8 heteroatoms. The second kappa shape index (κ2) is 10.9. The summed E-state index contributed by atoms with van der Waals surface area (Å²) in [4.78, 5) is 28.4. The summed E-state index contributed by atoms with van der Waals surface area (Å²) in [6.45, 7) is 4.61. The van der Waals surface area contributed by atoms with Gasteiger partial charge in [-0.25, -0.2) is 0 Å². The zero-order valence-corrected chi connectivity index (χ0v) is 23.3. The topological polar surface area (TPSA) is 107 Å². The molecule has 0 saturated carbocycles. The quantitative estimate of drug-likeness (QED) is 0.229. The monoisotopic (exact) mass is 551 g/mol. The normalized spacial score (nSPS) is 24.3. The Morgan fingerprint density at radius 2 is 1.80 bits per heavy atom. The molecule has 3 aromatic carbocycles. The van der Waals surface area contributed by atoms with Crippen molar-refractivity contribution in [2.75, 3.05) is 11.5 Å². The smallest absolute Gasteiger partial charge is 0.488 e. The van der Waals surface area contributed by atoms with Crippen LogP contribution >= 0.6 is 0 Å². The fourth-order valence-electron chi connectivity index (χ4n) is 7.03. The standard InChI is InChI=1S/C33H34BNO6/c1-3-20(16-21-12-13-28(36)25-10-5-4-9-24(21)25)11-14-29-30-19(2)15-26-31(27(30)18-41-29)33(38)35(32(26)37)23-8-6-7-22(17-23)34(39)40/h4-10,12-13,16-17,26-27,29,31,36,39-40H,3,11,14-15,18H2,1-2H3/b20-16+/t26-,27+,29-,31-/m1/s1. The van der Waals surface area contributed by atoms with Crippen LogP contribution < -0.4 is 10.4 Å². The van der Waals surface area contributed by atoms with Gasteiger partial charge < -0.3 is 19.9 Å². The second-order valence-electron chi connectivity index (χ2n) is 11.4. The van der Waals surface area contributed by atoms with E-state index in [1.165, 1.54) is 22.1 Å². The fraction of sp³-hybridized carbons (Fsp3) is 0.333. The van der Waals surface area contributed by atoms with Crippen LogP contribution in [0, 0.1) is 17.8 Å². The predicted molar refractivity (Wildman–Crippen MR) is 159 cm³/mol. The third-order valence-electron chi connectivity index (χ3n) is 9.06. The summed E-state index contributed by atoms with van der Waals surface area (Å²) in [5, 5.41) is 31.3. The van der Waals surface area contributed by atoms with Crippen LogP contribution in [0.1, 0.15) is 45.1 Å². The van der Waals surface area contributed by atoms with Crippen molar-refractivity contribution in [3.8, 4) is 5.75 Å². The first-order chi connectivity index (χ1) is 19.8. The minimum atomic E-state index is -1.68. The molecule has 0 bridgehead atoms. The van der Waals surface area contributed by atoms with Gasteiger partial charge in [0.25, 0.3) is 0 Å². The van der Waals surface area contributed by atoms with Gasteiger partial charge in [-0.05, 0) is 72.8 Å². The molecule has 3 N–H and O–H groups in total. The number of carbonyl (C=O) groups is 2. The van der Waals surface area contributed by atoms with Crippen molar-refractivity contribution in [3.05, 3.63) is 82.9 Å². The van der Waals surface area contributed by atoms with Gasteiger partial charge in [0.1, 0.15) is 5.75 Å². The number of imide groups is 1. The summed E-state index contributed by atoms with van der Waals surface area (Å²) >= 11 is 0. The molecule has 3 aliphatic rings. The molecule has 0 spiro atoms. The first kappa shape index (κ1) is 27.5. The number of carbonyl (C=O) groups excluding carboxylic acids is 2. The molecule has 0 unspecified atom stereocenters. The number of benzene rings is 3. The molecule has 2 aliphatic heterocycles. The molecule has 3 aromatic rings.